The number of hydrogen-bond donors (Lipinski definition) is 0. The van der Waals surface area contributed by atoms with Crippen molar-refractivity contribution in [3.63, 3.8) is 0 Å². The Labute approximate surface area is 103 Å². The number of nitrogens with zero attached hydrogens (tertiary/aromatic N) is 1. The zero-order chi connectivity index (χ0) is 12.4. The first-order chi connectivity index (χ1) is 8.15. The second kappa shape index (κ2) is 5.19. The van der Waals surface area contributed by atoms with Crippen LogP contribution in [0.5, 0.6) is 0 Å². The van der Waals surface area contributed by atoms with Gasteiger partial charge in [-0.15, -0.1) is 6.58 Å². The van der Waals surface area contributed by atoms with E-state index in [0.717, 1.165) is 25.9 Å². The number of carbonyl (C=O) groups excluding carboxylic acids is 1. The van der Waals surface area contributed by atoms with Crippen LogP contribution in [0.2, 0.25) is 0 Å². The third kappa shape index (κ3) is 2.38. The van der Waals surface area contributed by atoms with Gasteiger partial charge in [0.05, 0.1) is 12.0 Å². The minimum absolute atomic E-state index is 0.0103. The smallest absolute Gasteiger partial charge is 0.252 e. The van der Waals surface area contributed by atoms with Crippen LogP contribution in [0.3, 0.4) is 0 Å². The molecule has 2 heterocycles. The highest BCUT2D eigenvalue weighted by molar-refractivity contribution is 5.85. The number of hydrogen-bond acceptors (Lipinski definition) is 3. The standard InChI is InChI=1S/C13H21NO3/c1-4-9(2)12-10(3)14(13(12)15)17-11-7-5-6-8-16-11/h4,9-12H,1,5-8H2,2-3H3/t9-,10+,11?,12-/m1/s1. The Hall–Kier alpha value is -0.870. The summed E-state index contributed by atoms with van der Waals surface area (Å²) < 4.78 is 5.47. The molecule has 0 saturated carbocycles. The molecule has 17 heavy (non-hydrogen) atoms. The van der Waals surface area contributed by atoms with Crippen LogP contribution < -0.4 is 0 Å². The van der Waals surface area contributed by atoms with Crippen LogP contribution in [0.25, 0.3) is 0 Å². The van der Waals surface area contributed by atoms with Crippen molar-refractivity contribution >= 4 is 5.91 Å². The van der Waals surface area contributed by atoms with Crippen LogP contribution in [0.1, 0.15) is 33.1 Å². The molecule has 4 nitrogen and oxygen atoms in total. The van der Waals surface area contributed by atoms with Crippen LogP contribution in [0, 0.1) is 11.8 Å². The Morgan fingerprint density at radius 3 is 2.88 bits per heavy atom. The van der Waals surface area contributed by atoms with Crippen molar-refractivity contribution in [3.05, 3.63) is 12.7 Å². The molecule has 2 rings (SSSR count). The molecule has 96 valence electrons. The molecule has 4 heteroatoms. The van der Waals surface area contributed by atoms with Crippen LogP contribution in [-0.2, 0) is 14.4 Å². The van der Waals surface area contributed by atoms with E-state index in [1.807, 2.05) is 19.9 Å². The highest BCUT2D eigenvalue weighted by Gasteiger charge is 2.48. The van der Waals surface area contributed by atoms with Crippen molar-refractivity contribution in [1.29, 1.82) is 0 Å². The third-order valence-electron chi connectivity index (χ3n) is 3.70. The molecule has 0 aromatic rings. The minimum Gasteiger partial charge on any atom is -0.350 e. The van der Waals surface area contributed by atoms with Crippen molar-refractivity contribution in [1.82, 2.24) is 5.06 Å². The van der Waals surface area contributed by atoms with Gasteiger partial charge in [0.15, 0.2) is 6.29 Å². The second-order valence-corrected chi connectivity index (χ2v) is 4.93. The van der Waals surface area contributed by atoms with Gasteiger partial charge in [0.1, 0.15) is 0 Å². The lowest BCUT2D eigenvalue weighted by Crippen LogP contribution is -2.62. The third-order valence-corrected chi connectivity index (χ3v) is 3.70. The molecular formula is C13H21NO3. The predicted molar refractivity (Wildman–Crippen MR) is 63.8 cm³/mol. The fourth-order valence-electron chi connectivity index (χ4n) is 2.50. The largest absolute Gasteiger partial charge is 0.350 e. The van der Waals surface area contributed by atoms with Gasteiger partial charge in [0.2, 0.25) is 0 Å². The summed E-state index contributed by atoms with van der Waals surface area (Å²) >= 11 is 0. The lowest BCUT2D eigenvalue weighted by atomic mass is 9.81. The molecule has 0 aromatic heterocycles. The molecule has 0 radical (unpaired) electrons. The van der Waals surface area contributed by atoms with Gasteiger partial charge in [-0.3, -0.25) is 4.79 Å². The monoisotopic (exact) mass is 239 g/mol. The van der Waals surface area contributed by atoms with Crippen LogP contribution in [0.4, 0.5) is 0 Å². The van der Waals surface area contributed by atoms with E-state index in [1.165, 1.54) is 5.06 Å². The van der Waals surface area contributed by atoms with Crippen LogP contribution in [0.15, 0.2) is 12.7 Å². The maximum absolute atomic E-state index is 11.9. The summed E-state index contributed by atoms with van der Waals surface area (Å²) in [6.07, 6.45) is 4.65. The zero-order valence-corrected chi connectivity index (χ0v) is 10.6. The first kappa shape index (κ1) is 12.6. The number of rotatable bonds is 4. The van der Waals surface area contributed by atoms with E-state index < -0.39 is 0 Å². The Kier molecular flexibility index (Phi) is 3.84. The second-order valence-electron chi connectivity index (χ2n) is 4.93. The summed E-state index contributed by atoms with van der Waals surface area (Å²) in [7, 11) is 0. The maximum atomic E-state index is 11.9. The van der Waals surface area contributed by atoms with Crippen LogP contribution >= 0.6 is 0 Å². The van der Waals surface area contributed by atoms with E-state index in [-0.39, 0.29) is 30.1 Å². The Balaban J connectivity index is 1.87. The lowest BCUT2D eigenvalue weighted by molar-refractivity contribution is -0.318. The fourth-order valence-corrected chi connectivity index (χ4v) is 2.50. The Bertz CT molecular complexity index is 299. The normalized spacial score (nSPS) is 35.3. The van der Waals surface area contributed by atoms with Gasteiger partial charge in [0, 0.05) is 13.0 Å². The lowest BCUT2D eigenvalue weighted by Gasteiger charge is -2.47. The molecule has 1 unspecified atom stereocenters. The SMILES string of the molecule is C=C[C@@H](C)[C@H]1C(=O)N(OC2CCCCO2)[C@H]1C. The summed E-state index contributed by atoms with van der Waals surface area (Å²) in [5.74, 6) is 0.264. The summed E-state index contributed by atoms with van der Waals surface area (Å²) in [5.41, 5.74) is 0. The molecule has 0 spiro atoms. The van der Waals surface area contributed by atoms with E-state index >= 15 is 0 Å². The van der Waals surface area contributed by atoms with Crippen molar-refractivity contribution in [2.24, 2.45) is 11.8 Å². The minimum atomic E-state index is -0.241. The molecule has 1 amide bonds. The van der Waals surface area contributed by atoms with Gasteiger partial charge in [-0.1, -0.05) is 13.0 Å². The van der Waals surface area contributed by atoms with Crippen LogP contribution in [-0.4, -0.2) is 29.9 Å². The fraction of sp³-hybridized carbons (Fsp3) is 0.769. The molecule has 0 bridgehead atoms. The molecule has 4 atom stereocenters. The first-order valence-corrected chi connectivity index (χ1v) is 6.39. The maximum Gasteiger partial charge on any atom is 0.252 e. The van der Waals surface area contributed by atoms with Crippen molar-refractivity contribution < 1.29 is 14.4 Å². The van der Waals surface area contributed by atoms with E-state index in [0.29, 0.717) is 0 Å². The number of allylic oxidation sites excluding steroid dienone is 1. The van der Waals surface area contributed by atoms with E-state index in [9.17, 15) is 4.79 Å². The molecule has 2 aliphatic rings. The first-order valence-electron chi connectivity index (χ1n) is 6.39. The average Bonchev–Trinajstić information content (AvgIpc) is 2.37. The highest BCUT2D eigenvalue weighted by atomic mass is 16.8. The van der Waals surface area contributed by atoms with Gasteiger partial charge in [0.25, 0.3) is 5.91 Å². The number of hydroxylamine groups is 2. The van der Waals surface area contributed by atoms with Gasteiger partial charge in [-0.25, -0.2) is 9.90 Å². The average molecular weight is 239 g/mol. The number of β-lactam (4-membered cyclic amide) rings is 1. The van der Waals surface area contributed by atoms with Crippen molar-refractivity contribution in [2.45, 2.75) is 45.4 Å². The zero-order valence-electron chi connectivity index (χ0n) is 10.6. The predicted octanol–water partition coefficient (Wildman–Crippen LogP) is 2.11. The molecule has 2 saturated heterocycles. The Morgan fingerprint density at radius 2 is 2.35 bits per heavy atom. The Morgan fingerprint density at radius 1 is 1.59 bits per heavy atom. The molecule has 0 aliphatic carbocycles. The molecule has 2 fully saturated rings. The molecule has 0 N–H and O–H groups in total. The van der Waals surface area contributed by atoms with E-state index in [4.69, 9.17) is 9.57 Å². The number of carbonyl (C=O) groups is 1. The number of amides is 1. The summed E-state index contributed by atoms with van der Waals surface area (Å²) in [6.45, 7) is 8.49. The molecule has 0 aromatic carbocycles. The number of ether oxygens (including phenoxy) is 1. The molecular weight excluding hydrogens is 218 g/mol. The van der Waals surface area contributed by atoms with E-state index in [2.05, 4.69) is 6.58 Å². The summed E-state index contributed by atoms with van der Waals surface area (Å²) in [4.78, 5) is 17.5. The summed E-state index contributed by atoms with van der Waals surface area (Å²) in [6, 6.07) is 0.112. The van der Waals surface area contributed by atoms with Gasteiger partial charge >= 0.3 is 0 Å². The quantitative estimate of drug-likeness (QED) is 0.557. The van der Waals surface area contributed by atoms with Crippen molar-refractivity contribution in [3.8, 4) is 0 Å². The van der Waals surface area contributed by atoms with Gasteiger partial charge in [-0.05, 0) is 25.7 Å². The topological polar surface area (TPSA) is 38.8 Å². The highest BCUT2D eigenvalue weighted by Crippen LogP contribution is 2.34. The molecule has 2 aliphatic heterocycles. The summed E-state index contributed by atoms with van der Waals surface area (Å²) in [5, 5.41) is 1.47. The van der Waals surface area contributed by atoms with Gasteiger partial charge in [-0.2, -0.15) is 0 Å². The van der Waals surface area contributed by atoms with Gasteiger partial charge < -0.3 is 4.74 Å². The van der Waals surface area contributed by atoms with Crippen molar-refractivity contribution in [2.75, 3.05) is 6.61 Å². The van der Waals surface area contributed by atoms with E-state index in [1.54, 1.807) is 0 Å².